The monoisotopic (exact) mass is 317 g/mol. The maximum atomic E-state index is 12.2. The lowest BCUT2D eigenvalue weighted by Crippen LogP contribution is -2.47. The molecule has 22 heavy (non-hydrogen) atoms. The summed E-state index contributed by atoms with van der Waals surface area (Å²) in [5.41, 5.74) is 0. The van der Waals surface area contributed by atoms with Crippen molar-refractivity contribution in [2.45, 2.75) is 25.9 Å². The van der Waals surface area contributed by atoms with Gasteiger partial charge in [0.25, 0.3) is 6.43 Å². The summed E-state index contributed by atoms with van der Waals surface area (Å²) < 4.78 is 30.8. The van der Waals surface area contributed by atoms with Gasteiger partial charge in [-0.05, 0) is 6.92 Å². The topological polar surface area (TPSA) is 71.4 Å². The molecule has 0 aliphatic carbocycles. The Kier molecular flexibility index (Phi) is 6.08. The molecule has 1 aromatic heterocycles. The standard InChI is InChI=1S/C13H21F2N5O2/c1-10(19-4-6-22-7-5-19)8-16-13(21)17-12-2-3-20(18-12)9-11(14)15/h2-3,10-11H,4-9H2,1H3,(H2,16,17,18,21)/t10-/m1/s1. The van der Waals surface area contributed by atoms with Gasteiger partial charge in [-0.2, -0.15) is 5.10 Å². The Morgan fingerprint density at radius 1 is 1.45 bits per heavy atom. The Labute approximate surface area is 127 Å². The van der Waals surface area contributed by atoms with E-state index in [-0.39, 0.29) is 11.9 Å². The lowest BCUT2D eigenvalue weighted by atomic mass is 10.2. The molecule has 2 rings (SSSR count). The van der Waals surface area contributed by atoms with Crippen LogP contribution in [-0.4, -0.2) is 66.0 Å². The van der Waals surface area contributed by atoms with Crippen molar-refractivity contribution in [3.05, 3.63) is 12.3 Å². The zero-order valence-electron chi connectivity index (χ0n) is 12.5. The van der Waals surface area contributed by atoms with Crippen LogP contribution in [-0.2, 0) is 11.3 Å². The van der Waals surface area contributed by atoms with Crippen molar-refractivity contribution >= 4 is 11.8 Å². The largest absolute Gasteiger partial charge is 0.379 e. The van der Waals surface area contributed by atoms with Gasteiger partial charge in [0, 0.05) is 37.9 Å². The van der Waals surface area contributed by atoms with E-state index < -0.39 is 19.0 Å². The van der Waals surface area contributed by atoms with Crippen LogP contribution in [0.3, 0.4) is 0 Å². The fraction of sp³-hybridized carbons (Fsp3) is 0.692. The molecule has 1 atom stereocenters. The highest BCUT2D eigenvalue weighted by Gasteiger charge is 2.17. The predicted octanol–water partition coefficient (Wildman–Crippen LogP) is 0.990. The number of morpholine rings is 1. The molecule has 9 heteroatoms. The SMILES string of the molecule is C[C@H](CNC(=O)Nc1ccn(CC(F)F)n1)N1CCOCC1. The first-order valence-electron chi connectivity index (χ1n) is 7.23. The third-order valence-electron chi connectivity index (χ3n) is 3.43. The quantitative estimate of drug-likeness (QED) is 0.821. The highest BCUT2D eigenvalue weighted by Crippen LogP contribution is 2.05. The van der Waals surface area contributed by atoms with Gasteiger partial charge >= 0.3 is 6.03 Å². The number of hydrogen-bond acceptors (Lipinski definition) is 4. The van der Waals surface area contributed by atoms with E-state index >= 15 is 0 Å². The van der Waals surface area contributed by atoms with Crippen molar-refractivity contribution in [1.82, 2.24) is 20.0 Å². The van der Waals surface area contributed by atoms with Crippen LogP contribution in [0.2, 0.25) is 0 Å². The molecular formula is C13H21F2N5O2. The molecule has 1 aliphatic rings. The minimum Gasteiger partial charge on any atom is -0.379 e. The number of carbonyl (C=O) groups excluding carboxylic acids is 1. The number of hydrogen-bond donors (Lipinski definition) is 2. The van der Waals surface area contributed by atoms with E-state index in [9.17, 15) is 13.6 Å². The van der Waals surface area contributed by atoms with Gasteiger partial charge < -0.3 is 10.1 Å². The smallest absolute Gasteiger partial charge is 0.320 e. The Bertz CT molecular complexity index is 477. The zero-order chi connectivity index (χ0) is 15.9. The number of aromatic nitrogens is 2. The number of nitrogens with one attached hydrogen (secondary N) is 2. The molecule has 0 radical (unpaired) electrons. The van der Waals surface area contributed by atoms with Crippen molar-refractivity contribution in [3.63, 3.8) is 0 Å². The normalized spacial score (nSPS) is 17.5. The van der Waals surface area contributed by atoms with Gasteiger partial charge in [-0.25, -0.2) is 13.6 Å². The molecule has 7 nitrogen and oxygen atoms in total. The summed E-state index contributed by atoms with van der Waals surface area (Å²) in [5.74, 6) is 0.247. The summed E-state index contributed by atoms with van der Waals surface area (Å²) >= 11 is 0. The van der Waals surface area contributed by atoms with Crippen LogP contribution in [0.25, 0.3) is 0 Å². The third kappa shape index (κ3) is 5.23. The summed E-state index contributed by atoms with van der Waals surface area (Å²) in [5, 5.41) is 9.12. The van der Waals surface area contributed by atoms with E-state index in [2.05, 4.69) is 20.6 Å². The van der Waals surface area contributed by atoms with E-state index in [1.54, 1.807) is 0 Å². The van der Waals surface area contributed by atoms with Crippen molar-refractivity contribution in [2.75, 3.05) is 38.2 Å². The van der Waals surface area contributed by atoms with Gasteiger partial charge in [0.05, 0.1) is 13.2 Å². The van der Waals surface area contributed by atoms with Crippen LogP contribution >= 0.6 is 0 Å². The number of nitrogens with zero attached hydrogens (tertiary/aromatic N) is 3. The molecule has 124 valence electrons. The average Bonchev–Trinajstić information content (AvgIpc) is 2.92. The summed E-state index contributed by atoms with van der Waals surface area (Å²) in [6.07, 6.45) is -1.08. The number of rotatable bonds is 6. The molecule has 2 N–H and O–H groups in total. The molecule has 0 unspecified atom stereocenters. The van der Waals surface area contributed by atoms with Crippen LogP contribution < -0.4 is 10.6 Å². The minimum atomic E-state index is -2.48. The number of anilines is 1. The van der Waals surface area contributed by atoms with Crippen LogP contribution in [0, 0.1) is 0 Å². The highest BCUT2D eigenvalue weighted by atomic mass is 19.3. The fourth-order valence-electron chi connectivity index (χ4n) is 2.22. The van der Waals surface area contributed by atoms with Crippen molar-refractivity contribution in [3.8, 4) is 0 Å². The van der Waals surface area contributed by atoms with Crippen molar-refractivity contribution in [1.29, 1.82) is 0 Å². The molecule has 2 heterocycles. The molecule has 1 saturated heterocycles. The zero-order valence-corrected chi connectivity index (χ0v) is 12.5. The third-order valence-corrected chi connectivity index (χ3v) is 3.43. The van der Waals surface area contributed by atoms with E-state index in [4.69, 9.17) is 4.74 Å². The Morgan fingerprint density at radius 2 is 2.18 bits per heavy atom. The summed E-state index contributed by atoms with van der Waals surface area (Å²) in [6.45, 7) is 5.14. The first-order valence-corrected chi connectivity index (χ1v) is 7.23. The number of amides is 2. The van der Waals surface area contributed by atoms with Gasteiger partial charge in [-0.15, -0.1) is 0 Å². The number of alkyl halides is 2. The number of urea groups is 1. The number of carbonyl (C=O) groups is 1. The first-order chi connectivity index (χ1) is 10.5. The van der Waals surface area contributed by atoms with E-state index in [1.807, 2.05) is 6.92 Å². The lowest BCUT2D eigenvalue weighted by molar-refractivity contribution is 0.0209. The van der Waals surface area contributed by atoms with Gasteiger partial charge in [0.1, 0.15) is 6.54 Å². The van der Waals surface area contributed by atoms with E-state index in [1.165, 1.54) is 12.3 Å². The molecule has 0 aromatic carbocycles. The summed E-state index contributed by atoms with van der Waals surface area (Å²) in [7, 11) is 0. The second-order valence-electron chi connectivity index (χ2n) is 5.15. The van der Waals surface area contributed by atoms with Gasteiger partial charge in [0.15, 0.2) is 5.82 Å². The second-order valence-corrected chi connectivity index (χ2v) is 5.15. The highest BCUT2D eigenvalue weighted by molar-refractivity contribution is 5.88. The van der Waals surface area contributed by atoms with Gasteiger partial charge in [-0.3, -0.25) is 14.9 Å². The fourth-order valence-corrected chi connectivity index (χ4v) is 2.22. The molecule has 1 aromatic rings. The van der Waals surface area contributed by atoms with Gasteiger partial charge in [0.2, 0.25) is 0 Å². The molecular weight excluding hydrogens is 296 g/mol. The predicted molar refractivity (Wildman–Crippen MR) is 77.1 cm³/mol. The van der Waals surface area contributed by atoms with Crippen molar-refractivity contribution in [2.24, 2.45) is 0 Å². The molecule has 0 bridgehead atoms. The van der Waals surface area contributed by atoms with Crippen LogP contribution in [0.5, 0.6) is 0 Å². The average molecular weight is 317 g/mol. The Balaban J connectivity index is 1.71. The summed E-state index contributed by atoms with van der Waals surface area (Å²) in [4.78, 5) is 14.0. The molecule has 0 saturated carbocycles. The minimum absolute atomic E-state index is 0.200. The van der Waals surface area contributed by atoms with Crippen LogP contribution in [0.4, 0.5) is 19.4 Å². The van der Waals surface area contributed by atoms with Crippen LogP contribution in [0.15, 0.2) is 12.3 Å². The first kappa shape index (κ1) is 16.6. The van der Waals surface area contributed by atoms with Gasteiger partial charge in [-0.1, -0.05) is 0 Å². The number of ether oxygens (including phenoxy) is 1. The van der Waals surface area contributed by atoms with Crippen LogP contribution in [0.1, 0.15) is 6.92 Å². The Morgan fingerprint density at radius 3 is 2.86 bits per heavy atom. The summed E-state index contributed by atoms with van der Waals surface area (Å²) in [6, 6.07) is 1.28. The lowest BCUT2D eigenvalue weighted by Gasteiger charge is -2.32. The Hall–Kier alpha value is -1.74. The maximum Gasteiger partial charge on any atom is 0.320 e. The van der Waals surface area contributed by atoms with E-state index in [0.717, 1.165) is 17.8 Å². The molecule has 1 fully saturated rings. The molecule has 2 amide bonds. The second kappa shape index (κ2) is 8.04. The number of halogens is 2. The maximum absolute atomic E-state index is 12.2. The van der Waals surface area contributed by atoms with Crippen molar-refractivity contribution < 1.29 is 18.3 Å². The molecule has 0 spiro atoms. The molecule has 1 aliphatic heterocycles. The van der Waals surface area contributed by atoms with E-state index in [0.29, 0.717) is 19.8 Å².